The molecule has 0 radical (unpaired) electrons. The Bertz CT molecular complexity index is 648. The van der Waals surface area contributed by atoms with Crippen molar-refractivity contribution in [2.45, 2.75) is 27.2 Å². The maximum absolute atomic E-state index is 12.2. The summed E-state index contributed by atoms with van der Waals surface area (Å²) in [4.78, 5) is 24.2. The number of carbonyl (C=O) groups is 2. The van der Waals surface area contributed by atoms with Gasteiger partial charge in [0.05, 0.1) is 11.9 Å². The summed E-state index contributed by atoms with van der Waals surface area (Å²) in [7, 11) is 1.80. The molecule has 1 heterocycles. The molecule has 1 aromatic carbocycles. The number of benzene rings is 1. The SMILES string of the molecule is Cn1nc(C(=O)CC(=O)C(C)(C)C)c2ccccc21. The third-order valence-corrected chi connectivity index (χ3v) is 3.18. The molecule has 0 amide bonds. The number of aryl methyl sites for hydroxylation is 1. The number of carbonyl (C=O) groups excluding carboxylic acids is 2. The highest BCUT2D eigenvalue weighted by atomic mass is 16.1. The lowest BCUT2D eigenvalue weighted by atomic mass is 9.87. The smallest absolute Gasteiger partial charge is 0.191 e. The van der Waals surface area contributed by atoms with Crippen LogP contribution >= 0.6 is 0 Å². The van der Waals surface area contributed by atoms with Gasteiger partial charge in [-0.05, 0) is 6.07 Å². The van der Waals surface area contributed by atoms with Gasteiger partial charge in [0.25, 0.3) is 0 Å². The average molecular weight is 258 g/mol. The largest absolute Gasteiger partial charge is 0.299 e. The summed E-state index contributed by atoms with van der Waals surface area (Å²) >= 11 is 0. The molecule has 0 saturated heterocycles. The summed E-state index contributed by atoms with van der Waals surface area (Å²) in [6.07, 6.45) is -0.0928. The molecule has 0 aliphatic heterocycles. The summed E-state index contributed by atoms with van der Waals surface area (Å²) in [5.41, 5.74) is 0.782. The van der Waals surface area contributed by atoms with Crippen molar-refractivity contribution in [1.82, 2.24) is 9.78 Å². The number of fused-ring (bicyclic) bond motifs is 1. The van der Waals surface area contributed by atoms with Crippen molar-refractivity contribution in [1.29, 1.82) is 0 Å². The second kappa shape index (κ2) is 4.61. The van der Waals surface area contributed by atoms with E-state index in [1.54, 1.807) is 11.7 Å². The lowest BCUT2D eigenvalue weighted by Gasteiger charge is -2.15. The Labute approximate surface area is 112 Å². The van der Waals surface area contributed by atoms with Gasteiger partial charge in [0, 0.05) is 17.8 Å². The van der Waals surface area contributed by atoms with Crippen LogP contribution in [0.2, 0.25) is 0 Å². The van der Waals surface area contributed by atoms with E-state index in [0.29, 0.717) is 5.69 Å². The third-order valence-electron chi connectivity index (χ3n) is 3.18. The van der Waals surface area contributed by atoms with Crippen LogP contribution in [0.3, 0.4) is 0 Å². The summed E-state index contributed by atoms with van der Waals surface area (Å²) in [5.74, 6) is -0.274. The number of hydrogen-bond acceptors (Lipinski definition) is 3. The van der Waals surface area contributed by atoms with E-state index < -0.39 is 5.41 Å². The standard InChI is InChI=1S/C15H18N2O2/c1-15(2,3)13(19)9-12(18)14-10-7-5-6-8-11(10)17(4)16-14/h5-8H,9H2,1-4H3. The highest BCUT2D eigenvalue weighted by Crippen LogP contribution is 2.22. The fourth-order valence-corrected chi connectivity index (χ4v) is 1.91. The van der Waals surface area contributed by atoms with Crippen LogP contribution in [-0.2, 0) is 11.8 Å². The molecule has 0 aliphatic rings. The zero-order valence-electron chi connectivity index (χ0n) is 11.7. The van der Waals surface area contributed by atoms with E-state index in [1.807, 2.05) is 45.0 Å². The minimum atomic E-state index is -0.500. The molecule has 100 valence electrons. The highest BCUT2D eigenvalue weighted by Gasteiger charge is 2.26. The molecule has 2 aromatic rings. The molecule has 4 heteroatoms. The quantitative estimate of drug-likeness (QED) is 0.628. The van der Waals surface area contributed by atoms with Crippen molar-refractivity contribution in [3.63, 3.8) is 0 Å². The van der Waals surface area contributed by atoms with Gasteiger partial charge in [-0.15, -0.1) is 0 Å². The molecular formula is C15H18N2O2. The Morgan fingerprint density at radius 2 is 1.84 bits per heavy atom. The van der Waals surface area contributed by atoms with Gasteiger partial charge in [-0.1, -0.05) is 39.0 Å². The molecule has 1 aromatic heterocycles. The van der Waals surface area contributed by atoms with Crippen molar-refractivity contribution in [3.05, 3.63) is 30.0 Å². The maximum Gasteiger partial charge on any atom is 0.191 e. The molecule has 0 aliphatic carbocycles. The van der Waals surface area contributed by atoms with E-state index in [9.17, 15) is 9.59 Å². The van der Waals surface area contributed by atoms with Crippen LogP contribution in [0.15, 0.2) is 24.3 Å². The number of hydrogen-bond donors (Lipinski definition) is 0. The number of ketones is 2. The van der Waals surface area contributed by atoms with Gasteiger partial charge >= 0.3 is 0 Å². The Balaban J connectivity index is 2.35. The van der Waals surface area contributed by atoms with Crippen LogP contribution < -0.4 is 0 Å². The lowest BCUT2D eigenvalue weighted by molar-refractivity contribution is -0.125. The second-order valence-corrected chi connectivity index (χ2v) is 5.76. The zero-order chi connectivity index (χ0) is 14.2. The van der Waals surface area contributed by atoms with Gasteiger partial charge in [0.15, 0.2) is 5.78 Å². The van der Waals surface area contributed by atoms with Crippen LogP contribution in [0.4, 0.5) is 0 Å². The Morgan fingerprint density at radius 3 is 2.47 bits per heavy atom. The first-order chi connectivity index (χ1) is 8.80. The fourth-order valence-electron chi connectivity index (χ4n) is 1.91. The van der Waals surface area contributed by atoms with Crippen LogP contribution in [0, 0.1) is 5.41 Å². The van der Waals surface area contributed by atoms with Gasteiger partial charge in [-0.3, -0.25) is 14.3 Å². The lowest BCUT2D eigenvalue weighted by Crippen LogP contribution is -2.23. The molecular weight excluding hydrogens is 240 g/mol. The summed E-state index contributed by atoms with van der Waals surface area (Å²) in [6, 6.07) is 7.53. The van der Waals surface area contributed by atoms with Crippen LogP contribution in [-0.4, -0.2) is 21.3 Å². The van der Waals surface area contributed by atoms with Crippen molar-refractivity contribution < 1.29 is 9.59 Å². The first-order valence-electron chi connectivity index (χ1n) is 6.29. The molecule has 0 spiro atoms. The predicted molar refractivity (Wildman–Crippen MR) is 74.1 cm³/mol. The van der Waals surface area contributed by atoms with Crippen LogP contribution in [0.5, 0.6) is 0 Å². The minimum absolute atomic E-state index is 0.0627. The molecule has 0 bridgehead atoms. The van der Waals surface area contributed by atoms with Crippen molar-refractivity contribution in [2.75, 3.05) is 0 Å². The van der Waals surface area contributed by atoms with Gasteiger partial charge in [0.2, 0.25) is 0 Å². The number of Topliss-reactive ketones (excluding diaryl/α,β-unsaturated/α-hetero) is 2. The van der Waals surface area contributed by atoms with E-state index in [0.717, 1.165) is 10.9 Å². The van der Waals surface area contributed by atoms with Gasteiger partial charge < -0.3 is 0 Å². The second-order valence-electron chi connectivity index (χ2n) is 5.76. The summed E-state index contributed by atoms with van der Waals surface area (Å²) in [5, 5.41) is 5.04. The number of para-hydroxylation sites is 1. The highest BCUT2D eigenvalue weighted by molar-refractivity contribution is 6.13. The number of rotatable bonds is 3. The normalized spacial score (nSPS) is 11.8. The number of nitrogens with zero attached hydrogens (tertiary/aromatic N) is 2. The van der Waals surface area contributed by atoms with Gasteiger partial charge in [-0.25, -0.2) is 0 Å². The maximum atomic E-state index is 12.2. The topological polar surface area (TPSA) is 52.0 Å². The molecule has 19 heavy (non-hydrogen) atoms. The van der Waals surface area contributed by atoms with E-state index in [4.69, 9.17) is 0 Å². The van der Waals surface area contributed by atoms with Crippen molar-refractivity contribution >= 4 is 22.5 Å². The molecule has 0 N–H and O–H groups in total. The first kappa shape index (κ1) is 13.5. The van der Waals surface area contributed by atoms with E-state index >= 15 is 0 Å². The third kappa shape index (κ3) is 2.57. The van der Waals surface area contributed by atoms with Crippen LogP contribution in [0.25, 0.3) is 10.9 Å². The molecule has 0 fully saturated rings. The molecule has 0 unspecified atom stereocenters. The molecule has 0 saturated carbocycles. The Hall–Kier alpha value is -1.97. The minimum Gasteiger partial charge on any atom is -0.299 e. The Morgan fingerprint density at radius 1 is 1.21 bits per heavy atom. The van der Waals surface area contributed by atoms with E-state index in [1.165, 1.54) is 0 Å². The van der Waals surface area contributed by atoms with Crippen molar-refractivity contribution in [3.8, 4) is 0 Å². The fraction of sp³-hybridized carbons (Fsp3) is 0.400. The van der Waals surface area contributed by atoms with E-state index in [-0.39, 0.29) is 18.0 Å². The number of aromatic nitrogens is 2. The van der Waals surface area contributed by atoms with Gasteiger partial charge in [-0.2, -0.15) is 5.10 Å². The first-order valence-corrected chi connectivity index (χ1v) is 6.29. The molecule has 2 rings (SSSR count). The Kier molecular flexibility index (Phi) is 3.27. The predicted octanol–water partition coefficient (Wildman–Crippen LogP) is 2.76. The van der Waals surface area contributed by atoms with Crippen LogP contribution in [0.1, 0.15) is 37.7 Å². The van der Waals surface area contributed by atoms with Gasteiger partial charge in [0.1, 0.15) is 11.5 Å². The van der Waals surface area contributed by atoms with E-state index in [2.05, 4.69) is 5.10 Å². The molecule has 4 nitrogen and oxygen atoms in total. The summed E-state index contributed by atoms with van der Waals surface area (Å²) in [6.45, 7) is 5.46. The summed E-state index contributed by atoms with van der Waals surface area (Å²) < 4.78 is 1.67. The zero-order valence-corrected chi connectivity index (χ0v) is 11.7. The monoisotopic (exact) mass is 258 g/mol. The molecule has 0 atom stereocenters. The average Bonchev–Trinajstić information content (AvgIpc) is 2.66. The van der Waals surface area contributed by atoms with Crippen molar-refractivity contribution in [2.24, 2.45) is 12.5 Å².